The number of aldehydes is 1. The molecular formula is C18H37BO4Si2. The van der Waals surface area contributed by atoms with Crippen LogP contribution in [0.4, 0.5) is 0 Å². The van der Waals surface area contributed by atoms with Crippen molar-refractivity contribution in [1.29, 1.82) is 0 Å². The lowest BCUT2D eigenvalue weighted by molar-refractivity contribution is -0.131. The molecule has 0 unspecified atom stereocenters. The van der Waals surface area contributed by atoms with Crippen LogP contribution in [-0.2, 0) is 18.4 Å². The van der Waals surface area contributed by atoms with Crippen molar-refractivity contribution >= 4 is 30.8 Å². The third-order valence-electron chi connectivity index (χ3n) is 6.28. The van der Waals surface area contributed by atoms with E-state index in [-0.39, 0.29) is 10.1 Å². The summed E-state index contributed by atoms with van der Waals surface area (Å²) in [6.45, 7) is 23.5. The summed E-state index contributed by atoms with van der Waals surface area (Å²) in [6, 6.07) is -0.668. The van der Waals surface area contributed by atoms with Crippen molar-refractivity contribution in [3.05, 3.63) is 0 Å². The number of carbonyl (C=O) groups is 1. The van der Waals surface area contributed by atoms with E-state index in [1.54, 1.807) is 6.92 Å². The molecule has 1 saturated heterocycles. The summed E-state index contributed by atoms with van der Waals surface area (Å²) in [5.41, 5.74) is -1.08. The van der Waals surface area contributed by atoms with E-state index in [0.717, 1.165) is 6.29 Å². The van der Waals surface area contributed by atoms with E-state index in [0.29, 0.717) is 0 Å². The molecule has 1 aliphatic heterocycles. The van der Waals surface area contributed by atoms with E-state index < -0.39 is 40.4 Å². The van der Waals surface area contributed by atoms with E-state index in [1.165, 1.54) is 0 Å². The van der Waals surface area contributed by atoms with Gasteiger partial charge in [0.15, 0.2) is 22.9 Å². The highest BCUT2D eigenvalue weighted by atomic mass is 28.4. The van der Waals surface area contributed by atoms with Crippen molar-refractivity contribution in [1.82, 2.24) is 0 Å². The fourth-order valence-electron chi connectivity index (χ4n) is 2.34. The Kier molecular flexibility index (Phi) is 6.37. The molecule has 0 aromatic carbocycles. The maximum Gasteiger partial charge on any atom is 0.192 e. The third-order valence-corrected chi connectivity index (χ3v) is 15.2. The van der Waals surface area contributed by atoms with Crippen molar-refractivity contribution in [2.24, 2.45) is 0 Å². The van der Waals surface area contributed by atoms with Crippen LogP contribution >= 0.6 is 0 Å². The van der Waals surface area contributed by atoms with E-state index in [1.807, 2.05) is 0 Å². The molecule has 2 radical (unpaired) electrons. The van der Waals surface area contributed by atoms with Crippen LogP contribution in [0, 0.1) is 0 Å². The molecule has 25 heavy (non-hydrogen) atoms. The number of hydrogen-bond acceptors (Lipinski definition) is 4. The maximum atomic E-state index is 11.8. The first-order chi connectivity index (χ1) is 10.9. The second kappa shape index (κ2) is 6.89. The van der Waals surface area contributed by atoms with Gasteiger partial charge in [0.05, 0.1) is 6.10 Å². The van der Waals surface area contributed by atoms with Gasteiger partial charge in [-0.3, -0.25) is 0 Å². The fraction of sp³-hybridized carbons (Fsp3) is 0.944. The van der Waals surface area contributed by atoms with Crippen molar-refractivity contribution in [3.8, 4) is 0 Å². The third kappa shape index (κ3) is 4.67. The lowest BCUT2D eigenvalue weighted by Crippen LogP contribution is -2.56. The van der Waals surface area contributed by atoms with Crippen LogP contribution < -0.4 is 0 Å². The molecule has 1 heterocycles. The van der Waals surface area contributed by atoms with Gasteiger partial charge in [0.1, 0.15) is 19.6 Å². The van der Waals surface area contributed by atoms with Gasteiger partial charge in [-0.15, -0.1) is 0 Å². The van der Waals surface area contributed by atoms with Crippen LogP contribution in [0.3, 0.4) is 0 Å². The Morgan fingerprint density at radius 1 is 0.960 bits per heavy atom. The number of carbonyl (C=O) groups excluding carboxylic acids is 1. The summed E-state index contributed by atoms with van der Waals surface area (Å²) >= 11 is 0. The summed E-state index contributed by atoms with van der Waals surface area (Å²) in [5, 5.41) is 0.0550. The zero-order valence-electron chi connectivity index (χ0n) is 18.0. The normalized spacial score (nSPS) is 32.0. The monoisotopic (exact) mass is 384 g/mol. The van der Waals surface area contributed by atoms with Crippen molar-refractivity contribution in [2.75, 3.05) is 0 Å². The molecule has 0 amide bonds. The first-order valence-electron chi connectivity index (χ1n) is 9.13. The predicted octanol–water partition coefficient (Wildman–Crippen LogP) is 4.25. The van der Waals surface area contributed by atoms with Crippen LogP contribution in [-0.4, -0.2) is 54.6 Å². The Labute approximate surface area is 158 Å². The molecule has 0 bridgehead atoms. The van der Waals surface area contributed by atoms with Crippen LogP contribution in [0.15, 0.2) is 0 Å². The molecule has 0 saturated carbocycles. The summed E-state index contributed by atoms with van der Waals surface area (Å²) < 4.78 is 19.0. The second-order valence-electron chi connectivity index (χ2n) is 10.5. The number of rotatable bonds is 5. The molecule has 0 aromatic rings. The average molecular weight is 384 g/mol. The Morgan fingerprint density at radius 2 is 1.36 bits per heavy atom. The van der Waals surface area contributed by atoms with E-state index >= 15 is 0 Å². The highest BCUT2D eigenvalue weighted by Gasteiger charge is 2.57. The molecule has 0 spiro atoms. The average Bonchev–Trinajstić information content (AvgIpc) is 2.60. The molecule has 4 nitrogen and oxygen atoms in total. The predicted molar refractivity (Wildman–Crippen MR) is 109 cm³/mol. The second-order valence-corrected chi connectivity index (χ2v) is 20.0. The lowest BCUT2D eigenvalue weighted by atomic mass is 9.90. The zero-order valence-corrected chi connectivity index (χ0v) is 20.0. The molecule has 4 atom stereocenters. The molecule has 0 aromatic heterocycles. The smallest absolute Gasteiger partial charge is 0.192 e. The first-order valence-corrected chi connectivity index (χ1v) is 14.9. The van der Waals surface area contributed by atoms with Gasteiger partial charge < -0.3 is 18.4 Å². The molecule has 0 N–H and O–H groups in total. The standard InChI is InChI=1S/C18H37BO4Si2/c1-16(2,3)24(8,9)22-13-14(18(7,12-20)21-15(13)19)23-25(10,11)17(4,5)6/h12-15H,1-11H3/t13-,14-,15-,18+/m1/s1. The quantitative estimate of drug-likeness (QED) is 0.525. The molecule has 1 aliphatic rings. The van der Waals surface area contributed by atoms with Crippen molar-refractivity contribution in [3.63, 3.8) is 0 Å². The van der Waals surface area contributed by atoms with Crippen molar-refractivity contribution < 1.29 is 18.4 Å². The minimum absolute atomic E-state index is 0.0189. The summed E-state index contributed by atoms with van der Waals surface area (Å²) in [4.78, 5) is 11.8. The topological polar surface area (TPSA) is 44.8 Å². The van der Waals surface area contributed by atoms with Gasteiger partial charge in [0, 0.05) is 6.00 Å². The molecule has 144 valence electrons. The highest BCUT2D eigenvalue weighted by Crippen LogP contribution is 2.45. The summed E-state index contributed by atoms with van der Waals surface area (Å²) in [7, 11) is 2.03. The van der Waals surface area contributed by atoms with Gasteiger partial charge in [0.2, 0.25) is 0 Å². The van der Waals surface area contributed by atoms with Gasteiger partial charge >= 0.3 is 0 Å². The molecule has 1 rings (SSSR count). The minimum Gasteiger partial charge on any atom is -0.409 e. The van der Waals surface area contributed by atoms with E-state index in [2.05, 4.69) is 67.7 Å². The van der Waals surface area contributed by atoms with Gasteiger partial charge in [-0.05, 0) is 43.2 Å². The van der Waals surface area contributed by atoms with Crippen LogP contribution in [0.2, 0.25) is 36.3 Å². The Hall–Kier alpha value is 0.0487. The fourth-order valence-corrected chi connectivity index (χ4v) is 4.99. The summed E-state index contributed by atoms with van der Waals surface area (Å²) in [5.74, 6) is 0. The summed E-state index contributed by atoms with van der Waals surface area (Å²) in [6.07, 6.45) is -0.111. The van der Waals surface area contributed by atoms with Gasteiger partial charge in [0.25, 0.3) is 0 Å². The van der Waals surface area contributed by atoms with Crippen LogP contribution in [0.5, 0.6) is 0 Å². The van der Waals surface area contributed by atoms with Gasteiger partial charge in [-0.1, -0.05) is 41.5 Å². The first kappa shape index (κ1) is 23.1. The van der Waals surface area contributed by atoms with E-state index in [4.69, 9.17) is 21.4 Å². The number of ether oxygens (including phenoxy) is 1. The van der Waals surface area contributed by atoms with E-state index in [9.17, 15) is 4.79 Å². The molecule has 0 aliphatic carbocycles. The molecule has 1 fully saturated rings. The maximum absolute atomic E-state index is 11.8. The molecular weight excluding hydrogens is 347 g/mol. The van der Waals surface area contributed by atoms with Gasteiger partial charge in [-0.25, -0.2) is 0 Å². The van der Waals surface area contributed by atoms with Crippen LogP contribution in [0.25, 0.3) is 0 Å². The number of hydrogen-bond donors (Lipinski definition) is 0. The Bertz CT molecular complexity index is 496. The van der Waals surface area contributed by atoms with Crippen LogP contribution in [0.1, 0.15) is 48.5 Å². The highest BCUT2D eigenvalue weighted by molar-refractivity contribution is 6.74. The van der Waals surface area contributed by atoms with Crippen molar-refractivity contribution in [2.45, 2.75) is 109 Å². The van der Waals surface area contributed by atoms with Gasteiger partial charge in [-0.2, -0.15) is 0 Å². The lowest BCUT2D eigenvalue weighted by Gasteiger charge is -2.45. The minimum atomic E-state index is -2.13. The SMILES string of the molecule is [B][C@@H]1O[C@@](C)(C=O)[C@H](O[Si](C)(C)C(C)(C)C)[C@H]1O[Si](C)(C)C(C)(C)C. The zero-order chi connectivity index (χ0) is 20.1. The Morgan fingerprint density at radius 3 is 1.72 bits per heavy atom. The Balaban J connectivity index is 3.23. The largest absolute Gasteiger partial charge is 0.409 e. The molecule has 7 heteroatoms.